The minimum absolute atomic E-state index is 0.232. The van der Waals surface area contributed by atoms with Gasteiger partial charge in [0.25, 0.3) is 6.43 Å². The maximum absolute atomic E-state index is 11.9. The van der Waals surface area contributed by atoms with Gasteiger partial charge in [-0.2, -0.15) is 0 Å². The molecule has 0 amide bonds. The highest BCUT2D eigenvalue weighted by Crippen LogP contribution is 2.07. The molecule has 0 aliphatic rings. The van der Waals surface area contributed by atoms with Gasteiger partial charge in [-0.3, -0.25) is 0 Å². The van der Waals surface area contributed by atoms with Crippen molar-refractivity contribution < 1.29 is 17.9 Å². The Morgan fingerprint density at radius 3 is 2.88 bits per heavy atom. The number of halogens is 2. The first-order valence-electron chi connectivity index (χ1n) is 5.82. The van der Waals surface area contributed by atoms with Crippen molar-refractivity contribution in [3.63, 3.8) is 0 Å². The number of hydrogen-bond acceptors (Lipinski definition) is 3. The Morgan fingerprint density at radius 2 is 2.29 bits per heavy atom. The Bertz CT molecular complexity index is 278. The predicted molar refractivity (Wildman–Crippen MR) is 61.3 cm³/mol. The monoisotopic (exact) mass is 247 g/mol. The number of furan rings is 1. The summed E-state index contributed by atoms with van der Waals surface area (Å²) in [5.41, 5.74) is 1.10. The van der Waals surface area contributed by atoms with Crippen molar-refractivity contribution in [3.8, 4) is 0 Å². The SMILES string of the molecule is CCNC(CCOCC(F)F)Cc1ccoc1. The third-order valence-corrected chi connectivity index (χ3v) is 2.41. The molecule has 0 aliphatic carbocycles. The summed E-state index contributed by atoms with van der Waals surface area (Å²) in [6.07, 6.45) is 2.48. The van der Waals surface area contributed by atoms with Gasteiger partial charge in [0.15, 0.2) is 0 Å². The molecule has 0 fully saturated rings. The second-order valence-electron chi connectivity index (χ2n) is 3.84. The summed E-state index contributed by atoms with van der Waals surface area (Å²) in [5, 5.41) is 3.30. The minimum Gasteiger partial charge on any atom is -0.472 e. The molecular weight excluding hydrogens is 228 g/mol. The van der Waals surface area contributed by atoms with E-state index in [1.807, 2.05) is 13.0 Å². The van der Waals surface area contributed by atoms with Crippen LogP contribution in [0.4, 0.5) is 8.78 Å². The maximum atomic E-state index is 11.9. The molecule has 1 unspecified atom stereocenters. The van der Waals surface area contributed by atoms with Crippen LogP contribution in [0.3, 0.4) is 0 Å². The zero-order valence-electron chi connectivity index (χ0n) is 9.99. The highest BCUT2D eigenvalue weighted by atomic mass is 19.3. The van der Waals surface area contributed by atoms with Gasteiger partial charge in [-0.15, -0.1) is 0 Å². The van der Waals surface area contributed by atoms with Crippen LogP contribution < -0.4 is 5.32 Å². The van der Waals surface area contributed by atoms with Crippen molar-refractivity contribution in [2.75, 3.05) is 19.8 Å². The molecule has 0 bridgehead atoms. The molecule has 98 valence electrons. The lowest BCUT2D eigenvalue weighted by Crippen LogP contribution is -2.32. The topological polar surface area (TPSA) is 34.4 Å². The molecule has 17 heavy (non-hydrogen) atoms. The van der Waals surface area contributed by atoms with Crippen LogP contribution >= 0.6 is 0 Å². The molecule has 0 radical (unpaired) electrons. The van der Waals surface area contributed by atoms with Crippen LogP contribution in [0.5, 0.6) is 0 Å². The fraction of sp³-hybridized carbons (Fsp3) is 0.667. The fourth-order valence-corrected chi connectivity index (χ4v) is 1.66. The summed E-state index contributed by atoms with van der Waals surface area (Å²) in [4.78, 5) is 0. The first-order valence-corrected chi connectivity index (χ1v) is 5.82. The lowest BCUT2D eigenvalue weighted by molar-refractivity contribution is 0.0144. The third-order valence-electron chi connectivity index (χ3n) is 2.41. The van der Waals surface area contributed by atoms with E-state index in [-0.39, 0.29) is 6.04 Å². The Balaban J connectivity index is 2.23. The van der Waals surface area contributed by atoms with E-state index < -0.39 is 13.0 Å². The van der Waals surface area contributed by atoms with E-state index >= 15 is 0 Å². The maximum Gasteiger partial charge on any atom is 0.261 e. The van der Waals surface area contributed by atoms with Crippen LogP contribution in [0.1, 0.15) is 18.9 Å². The Kier molecular flexibility index (Phi) is 6.81. The van der Waals surface area contributed by atoms with Gasteiger partial charge in [0.1, 0.15) is 6.61 Å². The largest absolute Gasteiger partial charge is 0.472 e. The smallest absolute Gasteiger partial charge is 0.261 e. The number of nitrogens with one attached hydrogen (secondary N) is 1. The number of alkyl halides is 2. The van der Waals surface area contributed by atoms with Crippen LogP contribution in [-0.2, 0) is 11.2 Å². The number of likely N-dealkylation sites (N-methyl/N-ethyl adjacent to an activating group) is 1. The first kappa shape index (κ1) is 14.1. The number of rotatable bonds is 9. The highest BCUT2D eigenvalue weighted by molar-refractivity contribution is 5.07. The van der Waals surface area contributed by atoms with Gasteiger partial charge < -0.3 is 14.5 Å². The molecule has 0 saturated carbocycles. The summed E-state index contributed by atoms with van der Waals surface area (Å²) >= 11 is 0. The fourth-order valence-electron chi connectivity index (χ4n) is 1.66. The van der Waals surface area contributed by atoms with E-state index in [9.17, 15) is 8.78 Å². The summed E-state index contributed by atoms with van der Waals surface area (Å²) in [6.45, 7) is 2.73. The Hall–Kier alpha value is -0.940. The zero-order chi connectivity index (χ0) is 12.5. The van der Waals surface area contributed by atoms with E-state index in [1.165, 1.54) is 0 Å². The lowest BCUT2D eigenvalue weighted by atomic mass is 10.1. The van der Waals surface area contributed by atoms with Crippen LogP contribution in [0.15, 0.2) is 23.0 Å². The molecule has 0 spiro atoms. The second kappa shape index (κ2) is 8.20. The van der Waals surface area contributed by atoms with Crippen molar-refractivity contribution in [1.82, 2.24) is 5.32 Å². The Morgan fingerprint density at radius 1 is 1.47 bits per heavy atom. The van der Waals surface area contributed by atoms with Crippen molar-refractivity contribution in [3.05, 3.63) is 24.2 Å². The van der Waals surface area contributed by atoms with Gasteiger partial charge in [0.05, 0.1) is 12.5 Å². The highest BCUT2D eigenvalue weighted by Gasteiger charge is 2.10. The van der Waals surface area contributed by atoms with E-state index in [4.69, 9.17) is 9.15 Å². The van der Waals surface area contributed by atoms with Crippen LogP contribution in [0.2, 0.25) is 0 Å². The van der Waals surface area contributed by atoms with Gasteiger partial charge in [0, 0.05) is 12.6 Å². The molecule has 1 rings (SSSR count). The molecule has 0 aromatic carbocycles. The van der Waals surface area contributed by atoms with E-state index in [0.29, 0.717) is 13.0 Å². The molecule has 1 heterocycles. The molecule has 5 heteroatoms. The van der Waals surface area contributed by atoms with Gasteiger partial charge in [-0.05, 0) is 31.0 Å². The molecule has 1 N–H and O–H groups in total. The van der Waals surface area contributed by atoms with Gasteiger partial charge in [0.2, 0.25) is 0 Å². The summed E-state index contributed by atoms with van der Waals surface area (Å²) in [6, 6.07) is 2.14. The van der Waals surface area contributed by atoms with Crippen LogP contribution in [0.25, 0.3) is 0 Å². The summed E-state index contributed by atoms with van der Waals surface area (Å²) in [7, 11) is 0. The average molecular weight is 247 g/mol. The van der Waals surface area contributed by atoms with E-state index in [1.54, 1.807) is 12.5 Å². The van der Waals surface area contributed by atoms with E-state index in [2.05, 4.69) is 5.32 Å². The molecule has 1 aromatic heterocycles. The van der Waals surface area contributed by atoms with E-state index in [0.717, 1.165) is 18.5 Å². The van der Waals surface area contributed by atoms with Gasteiger partial charge in [-0.25, -0.2) is 8.78 Å². The lowest BCUT2D eigenvalue weighted by Gasteiger charge is -2.17. The van der Waals surface area contributed by atoms with Gasteiger partial charge >= 0.3 is 0 Å². The molecule has 0 saturated heterocycles. The second-order valence-corrected chi connectivity index (χ2v) is 3.84. The molecular formula is C12H19F2NO2. The first-order chi connectivity index (χ1) is 8.22. The quantitative estimate of drug-likeness (QED) is 0.681. The number of ether oxygens (including phenoxy) is 1. The molecule has 1 aromatic rings. The summed E-state index contributed by atoms with van der Waals surface area (Å²) < 4.78 is 33.6. The molecule has 0 aliphatic heterocycles. The third kappa shape index (κ3) is 6.38. The molecule has 3 nitrogen and oxygen atoms in total. The average Bonchev–Trinajstić information content (AvgIpc) is 2.77. The van der Waals surface area contributed by atoms with Gasteiger partial charge in [-0.1, -0.05) is 6.92 Å². The summed E-state index contributed by atoms with van der Waals surface area (Å²) in [5.74, 6) is 0. The Labute approximate surface area is 100 Å². The van der Waals surface area contributed by atoms with Crippen LogP contribution in [-0.4, -0.2) is 32.2 Å². The number of hydrogen-bond donors (Lipinski definition) is 1. The standard InChI is InChI=1S/C12H19F2NO2/c1-2-15-11(4-6-17-9-12(13)14)7-10-3-5-16-8-10/h3,5,8,11-12,15H,2,4,6-7,9H2,1H3. The van der Waals surface area contributed by atoms with Crippen molar-refractivity contribution in [2.24, 2.45) is 0 Å². The van der Waals surface area contributed by atoms with Crippen molar-refractivity contribution in [1.29, 1.82) is 0 Å². The molecule has 1 atom stereocenters. The zero-order valence-corrected chi connectivity index (χ0v) is 9.99. The minimum atomic E-state index is -2.39. The predicted octanol–water partition coefficient (Wildman–Crippen LogP) is 2.47. The van der Waals surface area contributed by atoms with Crippen LogP contribution in [0, 0.1) is 0 Å². The van der Waals surface area contributed by atoms with Crippen molar-refractivity contribution >= 4 is 0 Å². The van der Waals surface area contributed by atoms with Crippen molar-refractivity contribution in [2.45, 2.75) is 32.2 Å². The normalized spacial score (nSPS) is 13.2.